The first kappa shape index (κ1) is 17.0. The normalized spacial score (nSPS) is 11.1. The lowest BCUT2D eigenvalue weighted by atomic mass is 10.0. The average Bonchev–Trinajstić information content (AvgIpc) is 2.57. The molecule has 25 heavy (non-hydrogen) atoms. The molecule has 0 aliphatic rings. The molecule has 0 atom stereocenters. The first-order valence-corrected chi connectivity index (χ1v) is 9.72. The second-order valence-corrected chi connectivity index (χ2v) is 7.59. The van der Waals surface area contributed by atoms with Crippen molar-refractivity contribution < 1.29 is 13.2 Å². The molecule has 0 spiro atoms. The van der Waals surface area contributed by atoms with Gasteiger partial charge in [0, 0.05) is 0 Å². The van der Waals surface area contributed by atoms with E-state index in [2.05, 4.69) is 4.72 Å². The van der Waals surface area contributed by atoms with Gasteiger partial charge < -0.3 is 4.74 Å². The maximum Gasteiger partial charge on any atom is 0.229 e. The van der Waals surface area contributed by atoms with E-state index < -0.39 is 10.0 Å². The van der Waals surface area contributed by atoms with Crippen LogP contribution in [0.2, 0.25) is 0 Å². The van der Waals surface area contributed by atoms with Gasteiger partial charge in [-0.15, -0.1) is 0 Å². The van der Waals surface area contributed by atoms with Crippen LogP contribution >= 0.6 is 0 Å². The second-order valence-electron chi connectivity index (χ2n) is 5.84. The van der Waals surface area contributed by atoms with Gasteiger partial charge in [-0.25, -0.2) is 8.42 Å². The van der Waals surface area contributed by atoms with Gasteiger partial charge in [0.15, 0.2) is 0 Å². The van der Waals surface area contributed by atoms with Gasteiger partial charge in [0.25, 0.3) is 0 Å². The Labute approximate surface area is 148 Å². The number of hydrogen-bond acceptors (Lipinski definition) is 3. The number of benzene rings is 3. The number of para-hydroxylation sites is 1. The summed E-state index contributed by atoms with van der Waals surface area (Å²) in [6, 6.07) is 23.1. The molecule has 4 nitrogen and oxygen atoms in total. The van der Waals surface area contributed by atoms with Crippen molar-refractivity contribution >= 4 is 15.7 Å². The zero-order valence-corrected chi connectivity index (χ0v) is 14.9. The van der Waals surface area contributed by atoms with Gasteiger partial charge in [-0.1, -0.05) is 36.4 Å². The third kappa shape index (κ3) is 4.61. The summed E-state index contributed by atoms with van der Waals surface area (Å²) in [5.41, 5.74) is 3.51. The number of rotatable bonds is 5. The lowest BCUT2D eigenvalue weighted by molar-refractivity contribution is 0.483. The fraction of sp³-hybridized carbons (Fsp3) is 0.100. The molecule has 0 aromatic heterocycles. The van der Waals surface area contributed by atoms with Crippen LogP contribution in [-0.4, -0.2) is 14.7 Å². The zero-order valence-electron chi connectivity index (χ0n) is 14.1. The predicted molar refractivity (Wildman–Crippen MR) is 102 cm³/mol. The standard InChI is InChI=1S/C20H19NO3S/c1-15-14-17(10-13-20(15)21-25(2,22)23)16-8-11-19(12-9-16)24-18-6-4-3-5-7-18/h3-14,21H,1-2H3. The van der Waals surface area contributed by atoms with Crippen molar-refractivity contribution in [3.05, 3.63) is 78.4 Å². The molecule has 0 saturated carbocycles. The Balaban J connectivity index is 1.79. The minimum atomic E-state index is -3.28. The highest BCUT2D eigenvalue weighted by Gasteiger charge is 2.07. The Bertz CT molecular complexity index is 966. The molecule has 0 bridgehead atoms. The summed E-state index contributed by atoms with van der Waals surface area (Å²) in [6.07, 6.45) is 1.14. The van der Waals surface area contributed by atoms with Gasteiger partial charge in [-0.3, -0.25) is 4.72 Å². The van der Waals surface area contributed by atoms with Crippen LogP contribution in [0.4, 0.5) is 5.69 Å². The van der Waals surface area contributed by atoms with E-state index >= 15 is 0 Å². The lowest BCUT2D eigenvalue weighted by Crippen LogP contribution is -2.10. The zero-order chi connectivity index (χ0) is 17.9. The first-order valence-electron chi connectivity index (χ1n) is 7.82. The Hall–Kier alpha value is -2.79. The van der Waals surface area contributed by atoms with Crippen molar-refractivity contribution in [2.75, 3.05) is 11.0 Å². The SMILES string of the molecule is Cc1cc(-c2ccc(Oc3ccccc3)cc2)ccc1NS(C)(=O)=O. The van der Waals surface area contributed by atoms with Gasteiger partial charge in [0.05, 0.1) is 11.9 Å². The van der Waals surface area contributed by atoms with Crippen LogP contribution in [0.5, 0.6) is 11.5 Å². The number of ether oxygens (including phenoxy) is 1. The quantitative estimate of drug-likeness (QED) is 0.715. The van der Waals surface area contributed by atoms with Crippen LogP contribution < -0.4 is 9.46 Å². The molecule has 0 unspecified atom stereocenters. The second kappa shape index (κ2) is 6.99. The largest absolute Gasteiger partial charge is 0.457 e. The summed E-state index contributed by atoms with van der Waals surface area (Å²) >= 11 is 0. The van der Waals surface area contributed by atoms with Gasteiger partial charge >= 0.3 is 0 Å². The maximum atomic E-state index is 11.4. The molecule has 1 N–H and O–H groups in total. The van der Waals surface area contributed by atoms with Crippen LogP contribution in [-0.2, 0) is 10.0 Å². The van der Waals surface area contributed by atoms with E-state index in [0.717, 1.165) is 34.4 Å². The number of hydrogen-bond donors (Lipinski definition) is 1. The Morgan fingerprint density at radius 2 is 1.40 bits per heavy atom. The summed E-state index contributed by atoms with van der Waals surface area (Å²) in [5, 5.41) is 0. The molecular formula is C20H19NO3S. The Morgan fingerprint density at radius 3 is 2.00 bits per heavy atom. The summed E-state index contributed by atoms with van der Waals surface area (Å²) in [6.45, 7) is 1.88. The van der Waals surface area contributed by atoms with E-state index in [4.69, 9.17) is 4.74 Å². The van der Waals surface area contributed by atoms with E-state index in [-0.39, 0.29) is 0 Å². The van der Waals surface area contributed by atoms with Crippen molar-refractivity contribution in [3.8, 4) is 22.6 Å². The van der Waals surface area contributed by atoms with E-state index in [1.807, 2.05) is 73.7 Å². The third-order valence-corrected chi connectivity index (χ3v) is 4.28. The monoisotopic (exact) mass is 353 g/mol. The minimum absolute atomic E-state index is 0.593. The van der Waals surface area contributed by atoms with E-state index in [0.29, 0.717) is 5.69 Å². The van der Waals surface area contributed by atoms with Crippen molar-refractivity contribution in [1.29, 1.82) is 0 Å². The van der Waals surface area contributed by atoms with E-state index in [1.54, 1.807) is 6.07 Å². The van der Waals surface area contributed by atoms with Gasteiger partial charge in [0.1, 0.15) is 11.5 Å². The highest BCUT2D eigenvalue weighted by Crippen LogP contribution is 2.28. The molecule has 3 rings (SSSR count). The van der Waals surface area contributed by atoms with E-state index in [1.165, 1.54) is 0 Å². The van der Waals surface area contributed by atoms with Crippen molar-refractivity contribution in [2.24, 2.45) is 0 Å². The highest BCUT2D eigenvalue weighted by atomic mass is 32.2. The van der Waals surface area contributed by atoms with Crippen molar-refractivity contribution in [3.63, 3.8) is 0 Å². The Morgan fingerprint density at radius 1 is 0.800 bits per heavy atom. The van der Waals surface area contributed by atoms with Crippen LogP contribution in [0, 0.1) is 6.92 Å². The van der Waals surface area contributed by atoms with E-state index in [9.17, 15) is 8.42 Å². The van der Waals surface area contributed by atoms with Gasteiger partial charge in [-0.2, -0.15) is 0 Å². The molecule has 5 heteroatoms. The molecule has 128 valence electrons. The van der Waals surface area contributed by atoms with Gasteiger partial charge in [-0.05, 0) is 60.0 Å². The number of sulfonamides is 1. The van der Waals surface area contributed by atoms with Crippen molar-refractivity contribution in [1.82, 2.24) is 0 Å². The maximum absolute atomic E-state index is 11.4. The summed E-state index contributed by atoms with van der Waals surface area (Å²) in [5.74, 6) is 1.56. The number of aryl methyl sites for hydroxylation is 1. The highest BCUT2D eigenvalue weighted by molar-refractivity contribution is 7.92. The molecule has 0 fully saturated rings. The topological polar surface area (TPSA) is 55.4 Å². The smallest absolute Gasteiger partial charge is 0.229 e. The minimum Gasteiger partial charge on any atom is -0.457 e. The van der Waals surface area contributed by atoms with Crippen LogP contribution in [0.25, 0.3) is 11.1 Å². The number of anilines is 1. The van der Waals surface area contributed by atoms with Crippen LogP contribution in [0.3, 0.4) is 0 Å². The fourth-order valence-electron chi connectivity index (χ4n) is 2.50. The number of nitrogens with one attached hydrogen (secondary N) is 1. The first-order chi connectivity index (χ1) is 11.9. The average molecular weight is 353 g/mol. The molecule has 0 saturated heterocycles. The summed E-state index contributed by atoms with van der Waals surface area (Å²) in [7, 11) is -3.28. The van der Waals surface area contributed by atoms with Crippen LogP contribution in [0.15, 0.2) is 72.8 Å². The third-order valence-electron chi connectivity index (χ3n) is 3.69. The summed E-state index contributed by atoms with van der Waals surface area (Å²) in [4.78, 5) is 0. The van der Waals surface area contributed by atoms with Gasteiger partial charge in [0.2, 0.25) is 10.0 Å². The summed E-state index contributed by atoms with van der Waals surface area (Å²) < 4.78 is 31.0. The molecule has 0 aliphatic heterocycles. The fourth-order valence-corrected chi connectivity index (χ4v) is 3.13. The van der Waals surface area contributed by atoms with Crippen LogP contribution in [0.1, 0.15) is 5.56 Å². The predicted octanol–water partition coefficient (Wildman–Crippen LogP) is 4.83. The molecule has 0 amide bonds. The lowest BCUT2D eigenvalue weighted by Gasteiger charge is -2.11. The molecule has 3 aromatic rings. The molecule has 0 radical (unpaired) electrons. The van der Waals surface area contributed by atoms with Crippen molar-refractivity contribution in [2.45, 2.75) is 6.92 Å². The molecule has 0 heterocycles. The molecule has 0 aliphatic carbocycles. The molecular weight excluding hydrogens is 334 g/mol. The Kier molecular flexibility index (Phi) is 4.76. The molecule has 3 aromatic carbocycles.